The molecule has 102 valence electrons. The third-order valence-electron chi connectivity index (χ3n) is 3.66. The SMILES string of the molecule is CC(C)(C)c1cccc(-c2cccc3[nH]nc(N)c23)c1. The van der Waals surface area contributed by atoms with E-state index >= 15 is 0 Å². The molecular weight excluding hydrogens is 246 g/mol. The molecule has 0 radical (unpaired) electrons. The molecule has 0 amide bonds. The fraction of sp³-hybridized carbons (Fsp3) is 0.235. The summed E-state index contributed by atoms with van der Waals surface area (Å²) in [5.41, 5.74) is 10.7. The molecule has 1 aromatic heterocycles. The van der Waals surface area contributed by atoms with Gasteiger partial charge in [0.1, 0.15) is 0 Å². The number of aromatic amines is 1. The number of nitrogen functional groups attached to an aromatic ring is 1. The average molecular weight is 265 g/mol. The number of nitrogens with one attached hydrogen (secondary N) is 1. The van der Waals surface area contributed by atoms with Crippen LogP contribution in [0.15, 0.2) is 42.5 Å². The van der Waals surface area contributed by atoms with Crippen molar-refractivity contribution in [2.24, 2.45) is 0 Å². The van der Waals surface area contributed by atoms with Crippen molar-refractivity contribution in [2.45, 2.75) is 26.2 Å². The Morgan fingerprint density at radius 1 is 1.05 bits per heavy atom. The Labute approximate surface area is 118 Å². The van der Waals surface area contributed by atoms with Crippen molar-refractivity contribution in [1.82, 2.24) is 10.2 Å². The van der Waals surface area contributed by atoms with Gasteiger partial charge in [0.05, 0.1) is 10.9 Å². The van der Waals surface area contributed by atoms with Crippen LogP contribution < -0.4 is 5.73 Å². The van der Waals surface area contributed by atoms with Crippen molar-refractivity contribution < 1.29 is 0 Å². The number of H-pyrrole nitrogens is 1. The molecule has 0 atom stereocenters. The van der Waals surface area contributed by atoms with Crippen LogP contribution in [0.2, 0.25) is 0 Å². The molecule has 0 aliphatic heterocycles. The number of benzene rings is 2. The summed E-state index contributed by atoms with van der Waals surface area (Å²) in [6.45, 7) is 6.66. The minimum Gasteiger partial charge on any atom is -0.382 e. The molecule has 3 rings (SSSR count). The predicted molar refractivity (Wildman–Crippen MR) is 84.6 cm³/mol. The van der Waals surface area contributed by atoms with Crippen LogP contribution in [0.4, 0.5) is 5.82 Å². The van der Waals surface area contributed by atoms with Crippen molar-refractivity contribution in [2.75, 3.05) is 5.73 Å². The maximum Gasteiger partial charge on any atom is 0.153 e. The first-order valence-corrected chi connectivity index (χ1v) is 6.80. The van der Waals surface area contributed by atoms with Crippen LogP contribution >= 0.6 is 0 Å². The number of hydrogen-bond donors (Lipinski definition) is 2. The third-order valence-corrected chi connectivity index (χ3v) is 3.66. The van der Waals surface area contributed by atoms with Crippen LogP contribution in [0.3, 0.4) is 0 Å². The van der Waals surface area contributed by atoms with E-state index in [-0.39, 0.29) is 5.41 Å². The summed E-state index contributed by atoms with van der Waals surface area (Å²) in [6, 6.07) is 14.7. The van der Waals surface area contributed by atoms with Crippen molar-refractivity contribution >= 4 is 16.7 Å². The van der Waals surface area contributed by atoms with Crippen LogP contribution in [-0.4, -0.2) is 10.2 Å². The fourth-order valence-corrected chi connectivity index (χ4v) is 2.49. The Balaban J connectivity index is 2.24. The van der Waals surface area contributed by atoms with Gasteiger partial charge in [-0.15, -0.1) is 0 Å². The van der Waals surface area contributed by atoms with E-state index in [4.69, 9.17) is 5.73 Å². The van der Waals surface area contributed by atoms with Gasteiger partial charge < -0.3 is 5.73 Å². The van der Waals surface area contributed by atoms with Gasteiger partial charge in [0.2, 0.25) is 0 Å². The molecule has 2 aromatic carbocycles. The molecule has 0 saturated carbocycles. The first-order chi connectivity index (χ1) is 9.47. The standard InChI is InChI=1S/C17H19N3/c1-17(2,3)12-7-4-6-11(10-12)13-8-5-9-14-15(13)16(18)20-19-14/h4-10H,1-3H3,(H3,18,19,20). The van der Waals surface area contributed by atoms with Crippen molar-refractivity contribution in [3.63, 3.8) is 0 Å². The second-order valence-electron chi connectivity index (χ2n) is 6.17. The minimum atomic E-state index is 0.131. The number of fused-ring (bicyclic) bond motifs is 1. The monoisotopic (exact) mass is 265 g/mol. The predicted octanol–water partition coefficient (Wildman–Crippen LogP) is 4.11. The van der Waals surface area contributed by atoms with E-state index in [2.05, 4.69) is 61.3 Å². The second kappa shape index (κ2) is 4.37. The van der Waals surface area contributed by atoms with Crippen LogP contribution in [0.25, 0.3) is 22.0 Å². The van der Waals surface area contributed by atoms with E-state index in [1.807, 2.05) is 12.1 Å². The summed E-state index contributed by atoms with van der Waals surface area (Å²) in [5, 5.41) is 8.07. The quantitative estimate of drug-likeness (QED) is 0.695. The number of rotatable bonds is 1. The molecule has 0 bridgehead atoms. The van der Waals surface area contributed by atoms with Crippen LogP contribution in [0.1, 0.15) is 26.3 Å². The largest absolute Gasteiger partial charge is 0.382 e. The molecule has 3 heteroatoms. The summed E-state index contributed by atoms with van der Waals surface area (Å²) < 4.78 is 0. The van der Waals surface area contributed by atoms with E-state index in [1.54, 1.807) is 0 Å². The fourth-order valence-electron chi connectivity index (χ4n) is 2.49. The summed E-state index contributed by atoms with van der Waals surface area (Å²) in [6.07, 6.45) is 0. The molecule has 0 aliphatic carbocycles. The van der Waals surface area contributed by atoms with Crippen LogP contribution in [0, 0.1) is 0 Å². The molecule has 0 aliphatic rings. The molecule has 3 nitrogen and oxygen atoms in total. The summed E-state index contributed by atoms with van der Waals surface area (Å²) in [7, 11) is 0. The molecule has 0 spiro atoms. The van der Waals surface area contributed by atoms with Gasteiger partial charge >= 0.3 is 0 Å². The topological polar surface area (TPSA) is 54.7 Å². The highest BCUT2D eigenvalue weighted by molar-refractivity contribution is 6.01. The number of anilines is 1. The van der Waals surface area contributed by atoms with E-state index in [9.17, 15) is 0 Å². The number of hydrogen-bond acceptors (Lipinski definition) is 2. The Bertz CT molecular complexity index is 763. The lowest BCUT2D eigenvalue weighted by Crippen LogP contribution is -2.10. The maximum absolute atomic E-state index is 6.00. The minimum absolute atomic E-state index is 0.131. The van der Waals surface area contributed by atoms with Crippen molar-refractivity contribution in [3.05, 3.63) is 48.0 Å². The summed E-state index contributed by atoms with van der Waals surface area (Å²) in [5.74, 6) is 0.553. The molecule has 0 fully saturated rings. The maximum atomic E-state index is 6.00. The molecule has 3 N–H and O–H groups in total. The lowest BCUT2D eigenvalue weighted by molar-refractivity contribution is 0.590. The number of nitrogens with zero attached hydrogens (tertiary/aromatic N) is 1. The van der Waals surface area contributed by atoms with Gasteiger partial charge in [-0.05, 0) is 28.2 Å². The first kappa shape index (κ1) is 12.7. The van der Waals surface area contributed by atoms with Gasteiger partial charge in [0.15, 0.2) is 5.82 Å². The zero-order chi connectivity index (χ0) is 14.3. The lowest BCUT2D eigenvalue weighted by Gasteiger charge is -2.20. The van der Waals surface area contributed by atoms with Gasteiger partial charge in [-0.2, -0.15) is 5.10 Å². The highest BCUT2D eigenvalue weighted by Gasteiger charge is 2.15. The Morgan fingerprint density at radius 3 is 2.55 bits per heavy atom. The molecule has 0 unspecified atom stereocenters. The highest BCUT2D eigenvalue weighted by atomic mass is 15.1. The van der Waals surface area contributed by atoms with Gasteiger partial charge in [-0.25, -0.2) is 0 Å². The Morgan fingerprint density at radius 2 is 1.80 bits per heavy atom. The van der Waals surface area contributed by atoms with E-state index in [0.29, 0.717) is 5.82 Å². The van der Waals surface area contributed by atoms with Crippen LogP contribution in [0.5, 0.6) is 0 Å². The van der Waals surface area contributed by atoms with Gasteiger partial charge in [-0.1, -0.05) is 57.2 Å². The van der Waals surface area contributed by atoms with Gasteiger partial charge in [0, 0.05) is 0 Å². The molecular formula is C17H19N3. The molecule has 1 heterocycles. The average Bonchev–Trinajstić information content (AvgIpc) is 2.80. The Hall–Kier alpha value is -2.29. The second-order valence-corrected chi connectivity index (χ2v) is 6.17. The lowest BCUT2D eigenvalue weighted by atomic mass is 9.85. The zero-order valence-electron chi connectivity index (χ0n) is 12.1. The third kappa shape index (κ3) is 2.05. The smallest absolute Gasteiger partial charge is 0.153 e. The molecule has 3 aromatic rings. The Kier molecular flexibility index (Phi) is 2.78. The van der Waals surface area contributed by atoms with Crippen molar-refractivity contribution in [1.29, 1.82) is 0 Å². The first-order valence-electron chi connectivity index (χ1n) is 6.80. The van der Waals surface area contributed by atoms with Gasteiger partial charge in [-0.3, -0.25) is 5.10 Å². The van der Waals surface area contributed by atoms with E-state index in [1.165, 1.54) is 11.1 Å². The summed E-state index contributed by atoms with van der Waals surface area (Å²) in [4.78, 5) is 0. The van der Waals surface area contributed by atoms with Gasteiger partial charge in [0.25, 0.3) is 0 Å². The molecule has 20 heavy (non-hydrogen) atoms. The highest BCUT2D eigenvalue weighted by Crippen LogP contribution is 2.33. The number of nitrogens with two attached hydrogens (primary N) is 1. The van der Waals surface area contributed by atoms with Crippen molar-refractivity contribution in [3.8, 4) is 11.1 Å². The summed E-state index contributed by atoms with van der Waals surface area (Å²) >= 11 is 0. The van der Waals surface area contributed by atoms with E-state index < -0.39 is 0 Å². The number of aromatic nitrogens is 2. The molecule has 0 saturated heterocycles. The van der Waals surface area contributed by atoms with Crippen LogP contribution in [-0.2, 0) is 5.41 Å². The normalized spacial score (nSPS) is 11.9. The van der Waals surface area contributed by atoms with E-state index in [0.717, 1.165) is 16.5 Å². The zero-order valence-corrected chi connectivity index (χ0v) is 12.1.